The summed E-state index contributed by atoms with van der Waals surface area (Å²) in [6.07, 6.45) is 0. The summed E-state index contributed by atoms with van der Waals surface area (Å²) in [7, 11) is 0. The largest absolute Gasteiger partial charge is 0.478 e. The first kappa shape index (κ1) is 35.2. The van der Waals surface area contributed by atoms with Gasteiger partial charge in [-0.15, -0.1) is 0 Å². The molecule has 0 spiro atoms. The molecule has 0 unspecified atom stereocenters. The van der Waals surface area contributed by atoms with Gasteiger partial charge in [-0.25, -0.2) is 24.0 Å². The van der Waals surface area contributed by atoms with Crippen molar-refractivity contribution in [3.8, 4) is 0 Å². The molecule has 182 valence electrons. The summed E-state index contributed by atoms with van der Waals surface area (Å²) >= 11 is 0. The Bertz CT molecular complexity index is 1040. The number of cyclic esters (lactones) is 2. The summed E-state index contributed by atoms with van der Waals surface area (Å²) in [5, 5.41) is 39.7. The number of carboxylic acids is 1. The molecular weight excluding hydrogens is 626 g/mol. The molecule has 0 aromatic heterocycles. The van der Waals surface area contributed by atoms with Crippen molar-refractivity contribution in [3.63, 3.8) is 0 Å². The van der Waals surface area contributed by atoms with Gasteiger partial charge >= 0.3 is 29.8 Å². The van der Waals surface area contributed by atoms with Crippen molar-refractivity contribution in [2.45, 2.75) is 0 Å². The maximum Gasteiger partial charge on any atom is 0.346 e. The second-order valence-electron chi connectivity index (χ2n) is 5.55. The van der Waals surface area contributed by atoms with E-state index in [1.165, 1.54) is 42.5 Å². The molecule has 0 amide bonds. The van der Waals surface area contributed by atoms with Gasteiger partial charge in [0.1, 0.15) is 6.79 Å². The molecule has 3 rings (SSSR count). The van der Waals surface area contributed by atoms with Crippen LogP contribution in [0, 0.1) is 0 Å². The number of carboxylic acid groups (broad SMARTS) is 1. The second-order valence-corrected chi connectivity index (χ2v) is 5.55. The van der Waals surface area contributed by atoms with Gasteiger partial charge < -0.3 is 39.7 Å². The number of esters is 4. The number of hydrogen-bond acceptors (Lipinski definition) is 12. The Morgan fingerprint density at radius 3 is 1.74 bits per heavy atom. The summed E-state index contributed by atoms with van der Waals surface area (Å²) in [6.45, 7) is -2.27. The predicted molar refractivity (Wildman–Crippen MR) is 104 cm³/mol. The van der Waals surface area contributed by atoms with Crippen LogP contribution in [0.2, 0.25) is 0 Å². The summed E-state index contributed by atoms with van der Waals surface area (Å²) in [5.41, 5.74) is -0.0117. The number of carbonyl (C=O) groups excluding carboxylic acids is 4. The van der Waals surface area contributed by atoms with Gasteiger partial charge in [0.25, 0.3) is 0 Å². The van der Waals surface area contributed by atoms with Crippen LogP contribution in [0.4, 0.5) is 0 Å². The molecule has 1 aliphatic heterocycles. The van der Waals surface area contributed by atoms with Crippen LogP contribution in [0.25, 0.3) is 0 Å². The monoisotopic (exact) mass is 644 g/mol. The number of ether oxygens (including phenoxy) is 3. The number of aliphatic hydroxyl groups is 4. The van der Waals surface area contributed by atoms with E-state index in [-0.39, 0.29) is 93.2 Å². The molecule has 5 N–H and O–H groups in total. The van der Waals surface area contributed by atoms with Crippen LogP contribution in [-0.4, -0.2) is 75.8 Å². The molecule has 35 heavy (non-hydrogen) atoms. The van der Waals surface area contributed by atoms with E-state index in [0.717, 1.165) is 0 Å². The number of fused-ring (bicyclic) bond motifs is 1. The van der Waals surface area contributed by atoms with Crippen molar-refractivity contribution in [1.82, 2.24) is 0 Å². The molecule has 0 saturated heterocycles. The maximum absolute atomic E-state index is 11.2. The van der Waals surface area contributed by atoms with E-state index in [4.69, 9.17) is 25.5 Å². The number of rotatable bonds is 5. The van der Waals surface area contributed by atoms with Crippen molar-refractivity contribution >= 4 is 29.8 Å². The third kappa shape index (κ3) is 10.7. The van der Waals surface area contributed by atoms with E-state index in [0.29, 0.717) is 0 Å². The number of aliphatic hydroxyl groups excluding tert-OH is 3. The minimum Gasteiger partial charge on any atom is -0.478 e. The smallest absolute Gasteiger partial charge is 0.346 e. The van der Waals surface area contributed by atoms with Gasteiger partial charge in [0, 0.05) is 65.4 Å². The van der Waals surface area contributed by atoms with E-state index in [2.05, 4.69) is 14.2 Å². The zero-order chi connectivity index (χ0) is 25.0. The van der Waals surface area contributed by atoms with Crippen LogP contribution in [-0.2, 0) is 79.6 Å². The molecule has 2 aromatic carbocycles. The van der Waals surface area contributed by atoms with Gasteiger partial charge in [0.15, 0.2) is 13.6 Å². The zero-order valence-corrected chi connectivity index (χ0v) is 23.5. The number of aromatic carboxylic acids is 1. The normalized spacial score (nSPS) is 10.4. The van der Waals surface area contributed by atoms with E-state index < -0.39 is 50.2 Å². The third-order valence-corrected chi connectivity index (χ3v) is 3.65. The summed E-state index contributed by atoms with van der Waals surface area (Å²) in [6, 6.07) is 9.44. The maximum atomic E-state index is 11.2. The Morgan fingerprint density at radius 2 is 1.23 bits per heavy atom. The first-order valence-corrected chi connectivity index (χ1v) is 8.72. The Balaban J connectivity index is 0. The minimum atomic E-state index is -1.21. The number of benzene rings is 2. The van der Waals surface area contributed by atoms with Crippen molar-refractivity contribution in [2.75, 3.05) is 20.4 Å². The zero-order valence-electron chi connectivity index (χ0n) is 17.8. The fourth-order valence-corrected chi connectivity index (χ4v) is 2.34. The number of carbonyl (C=O) groups is 5. The van der Waals surface area contributed by atoms with Crippen molar-refractivity contribution in [3.05, 3.63) is 70.3 Å². The van der Waals surface area contributed by atoms with Gasteiger partial charge in [-0.1, -0.05) is 12.1 Å². The fourth-order valence-electron chi connectivity index (χ4n) is 2.34. The molecule has 0 aliphatic carbocycles. The quantitative estimate of drug-likeness (QED) is 0.121. The van der Waals surface area contributed by atoms with E-state index in [9.17, 15) is 24.0 Å². The van der Waals surface area contributed by atoms with Crippen LogP contribution in [0.1, 0.15) is 51.8 Å². The number of hydrogen-bond donors (Lipinski definition) is 5. The first-order valence-electron chi connectivity index (χ1n) is 8.72. The van der Waals surface area contributed by atoms with Crippen LogP contribution in [0.3, 0.4) is 0 Å². The molecule has 0 fully saturated rings. The Hall–Kier alpha value is -1.96. The molecule has 15 heteroatoms. The Labute approximate surface area is 247 Å². The molecular formula is C20H18O13Y2. The van der Waals surface area contributed by atoms with Crippen molar-refractivity contribution in [2.24, 2.45) is 0 Å². The molecule has 0 bridgehead atoms. The Morgan fingerprint density at radius 1 is 0.743 bits per heavy atom. The molecule has 0 saturated carbocycles. The SMILES string of the molecule is O=C(O)c1ccccc1C(=O)OCO.O=C(OCO)c1ccc2c(c1)C(=O)OC2=O.OCO.[Y].[Y]. The third-order valence-electron chi connectivity index (χ3n) is 3.65. The Kier molecular flexibility index (Phi) is 18.4. The predicted octanol–water partition coefficient (Wildman–Crippen LogP) is -0.481. The summed E-state index contributed by atoms with van der Waals surface area (Å²) in [5.74, 6) is -4.38. The van der Waals surface area contributed by atoms with Gasteiger partial charge in [-0.2, -0.15) is 0 Å². The molecule has 0 atom stereocenters. The van der Waals surface area contributed by atoms with Crippen LogP contribution in [0.15, 0.2) is 42.5 Å². The van der Waals surface area contributed by atoms with E-state index in [1.807, 2.05) is 0 Å². The summed E-state index contributed by atoms with van der Waals surface area (Å²) < 4.78 is 12.9. The van der Waals surface area contributed by atoms with Crippen molar-refractivity contribution < 1.29 is 129 Å². The van der Waals surface area contributed by atoms with Gasteiger partial charge in [0.05, 0.1) is 27.8 Å². The molecule has 2 aromatic rings. The van der Waals surface area contributed by atoms with Gasteiger partial charge in [-0.05, 0) is 30.3 Å². The molecule has 2 radical (unpaired) electrons. The first-order chi connectivity index (χ1) is 15.7. The topological polar surface area (TPSA) is 214 Å². The molecule has 1 aliphatic rings. The average molecular weight is 644 g/mol. The van der Waals surface area contributed by atoms with Gasteiger partial charge in [-0.3, -0.25) is 0 Å². The molecule has 13 nitrogen and oxygen atoms in total. The van der Waals surface area contributed by atoms with E-state index >= 15 is 0 Å². The molecule has 1 heterocycles. The van der Waals surface area contributed by atoms with Crippen LogP contribution < -0.4 is 0 Å². The van der Waals surface area contributed by atoms with Crippen molar-refractivity contribution in [1.29, 1.82) is 0 Å². The average Bonchev–Trinajstić information content (AvgIpc) is 3.08. The second kappa shape index (κ2) is 18.3. The van der Waals surface area contributed by atoms with Crippen LogP contribution in [0.5, 0.6) is 0 Å². The summed E-state index contributed by atoms with van der Waals surface area (Å²) in [4.78, 5) is 55.2. The van der Waals surface area contributed by atoms with Crippen LogP contribution >= 0.6 is 0 Å². The van der Waals surface area contributed by atoms with Gasteiger partial charge in [0.2, 0.25) is 0 Å². The fraction of sp³-hybridized carbons (Fsp3) is 0.150. The van der Waals surface area contributed by atoms with E-state index in [1.54, 1.807) is 0 Å². The standard InChI is InChI=1S/C10H6O6.C9H8O5.CH4O2.2Y/c11-4-15-8(12)5-1-2-6-7(3-5)10(14)16-9(6)13;10-5-14-9(13)7-4-2-1-3-6(7)8(11)12;2-1-3;;/h1-3,11H,4H2;1-4,10H,5H2,(H,11,12);2-3H,1H2;;. The minimum absolute atomic E-state index is 0.